The Morgan fingerprint density at radius 1 is 1.28 bits per heavy atom. The number of hydrogen-bond acceptors (Lipinski definition) is 4. The van der Waals surface area contributed by atoms with Gasteiger partial charge in [0.2, 0.25) is 0 Å². The van der Waals surface area contributed by atoms with Gasteiger partial charge in [0.15, 0.2) is 11.5 Å². The first-order valence-corrected chi connectivity index (χ1v) is 9.21. The summed E-state index contributed by atoms with van der Waals surface area (Å²) in [7, 11) is 1.61. The molecule has 4 rings (SSSR count). The van der Waals surface area contributed by atoms with Crippen LogP contribution in [0, 0.1) is 0 Å². The first-order chi connectivity index (χ1) is 12.2. The number of fused-ring (bicyclic) bond motifs is 1. The van der Waals surface area contributed by atoms with Crippen molar-refractivity contribution in [3.63, 3.8) is 0 Å². The Labute approximate surface area is 150 Å². The van der Waals surface area contributed by atoms with E-state index in [1.165, 1.54) is 28.9 Å². The molecule has 1 aliphatic carbocycles. The van der Waals surface area contributed by atoms with E-state index >= 15 is 0 Å². The van der Waals surface area contributed by atoms with E-state index in [-0.39, 0.29) is 5.91 Å². The number of hydrogen-bond donors (Lipinski definition) is 1. The van der Waals surface area contributed by atoms with Gasteiger partial charge in [0, 0.05) is 23.8 Å². The van der Waals surface area contributed by atoms with E-state index in [2.05, 4.69) is 22.3 Å². The molecule has 1 aromatic carbocycles. The summed E-state index contributed by atoms with van der Waals surface area (Å²) in [6.45, 7) is 0.839. The van der Waals surface area contributed by atoms with Crippen molar-refractivity contribution in [2.75, 3.05) is 20.3 Å². The lowest BCUT2D eigenvalue weighted by Gasteiger charge is -2.10. The zero-order valence-electron chi connectivity index (χ0n) is 14.0. The number of aromatic nitrogens is 1. The number of amides is 1. The van der Waals surface area contributed by atoms with E-state index in [1.54, 1.807) is 7.11 Å². The van der Waals surface area contributed by atoms with Crippen molar-refractivity contribution in [3.05, 3.63) is 47.6 Å². The van der Waals surface area contributed by atoms with Gasteiger partial charge in [0.25, 0.3) is 5.91 Å². The summed E-state index contributed by atoms with van der Waals surface area (Å²) in [5.41, 5.74) is 0. The zero-order valence-corrected chi connectivity index (χ0v) is 14.8. The SMILES string of the molecule is COc1ccccc1OCCNC(=O)c1cc2cn(C3CC3)cc2s1. The number of ether oxygens (including phenoxy) is 2. The molecule has 0 radical (unpaired) electrons. The van der Waals surface area contributed by atoms with Crippen LogP contribution in [-0.4, -0.2) is 30.7 Å². The first-order valence-electron chi connectivity index (χ1n) is 8.39. The van der Waals surface area contributed by atoms with Crippen molar-refractivity contribution in [2.45, 2.75) is 18.9 Å². The van der Waals surface area contributed by atoms with E-state index < -0.39 is 0 Å². The third-order valence-electron chi connectivity index (χ3n) is 4.25. The lowest BCUT2D eigenvalue weighted by Crippen LogP contribution is -2.27. The van der Waals surface area contributed by atoms with E-state index in [9.17, 15) is 4.79 Å². The van der Waals surface area contributed by atoms with Crippen molar-refractivity contribution >= 4 is 27.3 Å². The molecule has 2 heterocycles. The monoisotopic (exact) mass is 356 g/mol. The van der Waals surface area contributed by atoms with E-state index in [1.807, 2.05) is 30.3 Å². The van der Waals surface area contributed by atoms with Gasteiger partial charge in [0.05, 0.1) is 23.2 Å². The maximum absolute atomic E-state index is 12.3. The Balaban J connectivity index is 1.30. The molecule has 0 unspecified atom stereocenters. The minimum atomic E-state index is -0.0530. The van der Waals surface area contributed by atoms with Crippen LogP contribution in [0.5, 0.6) is 11.5 Å². The molecule has 3 aromatic rings. The number of nitrogens with one attached hydrogen (secondary N) is 1. The summed E-state index contributed by atoms with van der Waals surface area (Å²) < 4.78 is 14.3. The number of para-hydroxylation sites is 2. The predicted molar refractivity (Wildman–Crippen MR) is 98.9 cm³/mol. The molecule has 0 saturated heterocycles. The highest BCUT2D eigenvalue weighted by Gasteiger charge is 2.24. The number of nitrogens with zero attached hydrogens (tertiary/aromatic N) is 1. The Hall–Kier alpha value is -2.47. The number of rotatable bonds is 7. The Kier molecular flexibility index (Phi) is 4.36. The average Bonchev–Trinajstić information content (AvgIpc) is 3.28. The molecule has 1 aliphatic rings. The Bertz CT molecular complexity index is 864. The number of carbonyl (C=O) groups is 1. The summed E-state index contributed by atoms with van der Waals surface area (Å²) in [5.74, 6) is 1.32. The quantitative estimate of drug-likeness (QED) is 0.654. The number of thiophene rings is 1. The molecular formula is C19H20N2O3S. The fourth-order valence-corrected chi connectivity index (χ4v) is 3.79. The van der Waals surface area contributed by atoms with Gasteiger partial charge in [-0.2, -0.15) is 0 Å². The summed E-state index contributed by atoms with van der Waals surface area (Å²) in [4.78, 5) is 13.0. The minimum Gasteiger partial charge on any atom is -0.493 e. The van der Waals surface area contributed by atoms with Gasteiger partial charge in [0.1, 0.15) is 6.61 Å². The highest BCUT2D eigenvalue weighted by Crippen LogP contribution is 2.38. The van der Waals surface area contributed by atoms with Gasteiger partial charge in [-0.05, 0) is 31.0 Å². The second-order valence-electron chi connectivity index (χ2n) is 6.12. The average molecular weight is 356 g/mol. The molecule has 6 heteroatoms. The largest absolute Gasteiger partial charge is 0.493 e. The van der Waals surface area contributed by atoms with Gasteiger partial charge < -0.3 is 19.4 Å². The molecule has 1 amide bonds. The van der Waals surface area contributed by atoms with Crippen LogP contribution in [0.2, 0.25) is 0 Å². The highest BCUT2D eigenvalue weighted by molar-refractivity contribution is 7.20. The summed E-state index contributed by atoms with van der Waals surface area (Å²) >= 11 is 1.54. The third-order valence-corrected chi connectivity index (χ3v) is 5.34. The Morgan fingerprint density at radius 2 is 2.08 bits per heavy atom. The maximum Gasteiger partial charge on any atom is 0.261 e. The van der Waals surface area contributed by atoms with Crippen LogP contribution >= 0.6 is 11.3 Å². The number of carbonyl (C=O) groups excluding carboxylic acids is 1. The number of benzene rings is 1. The van der Waals surface area contributed by atoms with Gasteiger partial charge in [-0.15, -0.1) is 11.3 Å². The molecule has 1 N–H and O–H groups in total. The van der Waals surface area contributed by atoms with Crippen LogP contribution in [0.1, 0.15) is 28.6 Å². The zero-order chi connectivity index (χ0) is 17.2. The number of methoxy groups -OCH3 is 1. The standard InChI is InChI=1S/C19H20N2O3S/c1-23-15-4-2-3-5-16(15)24-9-8-20-19(22)17-10-13-11-21(14-6-7-14)12-18(13)25-17/h2-5,10-12,14H,6-9H2,1H3,(H,20,22). The van der Waals surface area contributed by atoms with E-state index in [0.717, 1.165) is 10.3 Å². The van der Waals surface area contributed by atoms with Gasteiger partial charge in [-0.1, -0.05) is 12.1 Å². The van der Waals surface area contributed by atoms with Crippen LogP contribution in [0.25, 0.3) is 10.1 Å². The second kappa shape index (κ2) is 6.80. The molecule has 0 aliphatic heterocycles. The molecular weight excluding hydrogens is 336 g/mol. The predicted octanol–water partition coefficient (Wildman–Crippen LogP) is 3.86. The fourth-order valence-electron chi connectivity index (χ4n) is 2.80. The topological polar surface area (TPSA) is 52.5 Å². The molecule has 1 saturated carbocycles. The van der Waals surface area contributed by atoms with Crippen molar-refractivity contribution in [1.29, 1.82) is 0 Å². The van der Waals surface area contributed by atoms with Crippen LogP contribution < -0.4 is 14.8 Å². The minimum absolute atomic E-state index is 0.0530. The molecule has 0 spiro atoms. The van der Waals surface area contributed by atoms with E-state index in [0.29, 0.717) is 30.7 Å². The van der Waals surface area contributed by atoms with Crippen LogP contribution in [-0.2, 0) is 0 Å². The van der Waals surface area contributed by atoms with Crippen molar-refractivity contribution in [2.24, 2.45) is 0 Å². The second-order valence-corrected chi connectivity index (χ2v) is 7.21. The summed E-state index contributed by atoms with van der Waals surface area (Å²) in [6.07, 6.45) is 6.83. The molecule has 1 fully saturated rings. The van der Waals surface area contributed by atoms with Crippen molar-refractivity contribution in [3.8, 4) is 11.5 Å². The first kappa shape index (κ1) is 16.0. The molecule has 0 bridgehead atoms. The highest BCUT2D eigenvalue weighted by atomic mass is 32.1. The smallest absolute Gasteiger partial charge is 0.261 e. The third kappa shape index (κ3) is 3.49. The van der Waals surface area contributed by atoms with Crippen LogP contribution in [0.4, 0.5) is 0 Å². The van der Waals surface area contributed by atoms with Crippen molar-refractivity contribution in [1.82, 2.24) is 9.88 Å². The van der Waals surface area contributed by atoms with Crippen LogP contribution in [0.3, 0.4) is 0 Å². The van der Waals surface area contributed by atoms with Gasteiger partial charge in [-0.3, -0.25) is 4.79 Å². The molecule has 5 nitrogen and oxygen atoms in total. The van der Waals surface area contributed by atoms with Gasteiger partial charge in [-0.25, -0.2) is 0 Å². The van der Waals surface area contributed by atoms with Crippen molar-refractivity contribution < 1.29 is 14.3 Å². The molecule has 0 atom stereocenters. The van der Waals surface area contributed by atoms with Crippen LogP contribution in [0.15, 0.2) is 42.7 Å². The summed E-state index contributed by atoms with van der Waals surface area (Å²) in [5, 5.41) is 4.05. The maximum atomic E-state index is 12.3. The van der Waals surface area contributed by atoms with Gasteiger partial charge >= 0.3 is 0 Å². The summed E-state index contributed by atoms with van der Waals surface area (Å²) in [6, 6.07) is 10.1. The lowest BCUT2D eigenvalue weighted by molar-refractivity contribution is 0.0951. The lowest BCUT2D eigenvalue weighted by atomic mass is 10.3. The molecule has 25 heavy (non-hydrogen) atoms. The molecule has 130 valence electrons. The molecule has 2 aromatic heterocycles. The fraction of sp³-hybridized carbons (Fsp3) is 0.316. The Morgan fingerprint density at radius 3 is 2.80 bits per heavy atom. The van der Waals surface area contributed by atoms with E-state index in [4.69, 9.17) is 9.47 Å². The normalized spacial score (nSPS) is 13.8.